The monoisotopic (exact) mass is 673 g/mol. The highest BCUT2D eigenvalue weighted by Gasteiger charge is 2.40. The predicted molar refractivity (Wildman–Crippen MR) is 166 cm³/mol. The second-order valence-corrected chi connectivity index (χ2v) is 12.8. The van der Waals surface area contributed by atoms with Crippen molar-refractivity contribution in [3.8, 4) is 0 Å². The number of nitrogens with zero attached hydrogens (tertiary/aromatic N) is 7. The molecule has 2 saturated heterocycles. The van der Waals surface area contributed by atoms with Crippen LogP contribution in [0.15, 0.2) is 24.4 Å². The Balaban J connectivity index is 1.19. The number of carbonyl (C=O) groups excluding carboxylic acids is 5. The number of ether oxygens (including phenoxy) is 4. The van der Waals surface area contributed by atoms with E-state index in [1.807, 2.05) is 18.1 Å². The molecule has 1 aromatic heterocycles. The average Bonchev–Trinajstić information content (AvgIpc) is 3.69. The minimum absolute atomic E-state index is 0.0819. The molecular formula is C31H40FN7O9. The Morgan fingerprint density at radius 3 is 2.44 bits per heavy atom. The number of imide groups is 1. The number of carbonyl (C=O) groups is 5. The molecule has 2 atom stereocenters. The van der Waals surface area contributed by atoms with E-state index in [9.17, 15) is 24.0 Å². The van der Waals surface area contributed by atoms with Gasteiger partial charge in [0.15, 0.2) is 0 Å². The molecule has 17 heteroatoms. The number of hydrogen-bond acceptors (Lipinski definition) is 12. The molecule has 48 heavy (non-hydrogen) atoms. The summed E-state index contributed by atoms with van der Waals surface area (Å²) in [5, 5.41) is 4.39. The van der Waals surface area contributed by atoms with E-state index in [4.69, 9.17) is 18.9 Å². The van der Waals surface area contributed by atoms with Crippen LogP contribution in [0.3, 0.4) is 0 Å². The average molecular weight is 674 g/mol. The topological polar surface area (TPSA) is 156 Å². The molecule has 1 aromatic carbocycles. The van der Waals surface area contributed by atoms with Gasteiger partial charge in [-0.3, -0.25) is 19.3 Å². The van der Waals surface area contributed by atoms with Crippen molar-refractivity contribution in [2.24, 2.45) is 7.05 Å². The van der Waals surface area contributed by atoms with Crippen LogP contribution in [0.5, 0.6) is 0 Å². The molecule has 3 aliphatic heterocycles. The van der Waals surface area contributed by atoms with Gasteiger partial charge in [-0.25, -0.2) is 28.5 Å². The number of rotatable bonds is 7. The third-order valence-electron chi connectivity index (χ3n) is 8.05. The Morgan fingerprint density at radius 1 is 1.12 bits per heavy atom. The van der Waals surface area contributed by atoms with Crippen molar-refractivity contribution in [1.29, 1.82) is 0 Å². The Kier molecular flexibility index (Phi) is 9.79. The van der Waals surface area contributed by atoms with Crippen molar-refractivity contribution in [1.82, 2.24) is 24.5 Å². The number of cyclic esters (lactones) is 1. The van der Waals surface area contributed by atoms with Gasteiger partial charge in [-0.1, -0.05) is 0 Å². The number of aromatic nitrogens is 2. The lowest BCUT2D eigenvalue weighted by molar-refractivity contribution is -0.165. The molecule has 0 N–H and O–H groups in total. The zero-order valence-corrected chi connectivity index (χ0v) is 27.8. The summed E-state index contributed by atoms with van der Waals surface area (Å²) in [4.78, 5) is 70.5. The zero-order valence-electron chi connectivity index (χ0n) is 27.8. The number of esters is 1. The molecule has 0 spiro atoms. The molecule has 4 amide bonds. The van der Waals surface area contributed by atoms with E-state index < -0.39 is 53.9 Å². The van der Waals surface area contributed by atoms with Crippen LogP contribution in [0.1, 0.15) is 39.0 Å². The molecule has 2 aromatic rings. The molecule has 16 nitrogen and oxygen atoms in total. The van der Waals surface area contributed by atoms with E-state index in [1.54, 1.807) is 37.6 Å². The second-order valence-electron chi connectivity index (χ2n) is 12.8. The highest BCUT2D eigenvalue weighted by molar-refractivity contribution is 5.93. The van der Waals surface area contributed by atoms with E-state index in [0.717, 1.165) is 30.2 Å². The molecule has 2 fully saturated rings. The van der Waals surface area contributed by atoms with Gasteiger partial charge in [-0.05, 0) is 39.0 Å². The fourth-order valence-corrected chi connectivity index (χ4v) is 5.74. The summed E-state index contributed by atoms with van der Waals surface area (Å²) in [6.07, 6.45) is -3.02. The summed E-state index contributed by atoms with van der Waals surface area (Å²) < 4.78 is 38.1. The number of piperazine rings is 1. The van der Waals surface area contributed by atoms with Gasteiger partial charge in [-0.15, -0.1) is 0 Å². The lowest BCUT2D eigenvalue weighted by Gasteiger charge is -2.38. The number of benzene rings is 1. The summed E-state index contributed by atoms with van der Waals surface area (Å²) in [5.74, 6) is -2.13. The van der Waals surface area contributed by atoms with Crippen LogP contribution in [-0.4, -0.2) is 119 Å². The van der Waals surface area contributed by atoms with Gasteiger partial charge in [0, 0.05) is 58.5 Å². The standard InChI is InChI=1S/C31H40FN7O9/c1-19(40)38(29(43)47-26(27(41)45-6)35-9-11-36(12-10-35)28(42)48-31(2,3)4)16-22-17-39(30(44)46-22)21-7-8-25(23(32)13-21)37-15-20-14-34(5)33-24(20)18-37/h7-8,13-14,22,26H,9-12,15-18H2,1-6H3/t22-,26?/m0/s1. The van der Waals surface area contributed by atoms with Crippen LogP contribution >= 0.6 is 0 Å². The Morgan fingerprint density at radius 2 is 1.83 bits per heavy atom. The Bertz CT molecular complexity index is 1560. The Hall–Kier alpha value is -4.93. The highest BCUT2D eigenvalue weighted by atomic mass is 19.1. The van der Waals surface area contributed by atoms with Crippen molar-refractivity contribution in [2.75, 3.05) is 56.2 Å². The maximum absolute atomic E-state index is 15.3. The van der Waals surface area contributed by atoms with Crippen LogP contribution < -0.4 is 9.80 Å². The molecule has 0 radical (unpaired) electrons. The normalized spacial score (nSPS) is 18.7. The summed E-state index contributed by atoms with van der Waals surface area (Å²) >= 11 is 0. The molecular weight excluding hydrogens is 633 g/mol. The molecule has 260 valence electrons. The summed E-state index contributed by atoms with van der Waals surface area (Å²) in [6, 6.07) is 4.41. The number of methoxy groups -OCH3 is 1. The number of anilines is 2. The van der Waals surface area contributed by atoms with Crippen LogP contribution in [0.25, 0.3) is 0 Å². The lowest BCUT2D eigenvalue weighted by Crippen LogP contribution is -2.57. The molecule has 0 aliphatic carbocycles. The fourth-order valence-electron chi connectivity index (χ4n) is 5.74. The lowest BCUT2D eigenvalue weighted by atomic mass is 10.2. The van der Waals surface area contributed by atoms with E-state index in [0.29, 0.717) is 18.8 Å². The van der Waals surface area contributed by atoms with Crippen LogP contribution in [0.2, 0.25) is 0 Å². The van der Waals surface area contributed by atoms with E-state index >= 15 is 4.39 Å². The van der Waals surface area contributed by atoms with Gasteiger partial charge < -0.3 is 28.7 Å². The zero-order chi connectivity index (χ0) is 34.9. The van der Waals surface area contributed by atoms with Crippen molar-refractivity contribution in [3.05, 3.63) is 41.5 Å². The van der Waals surface area contributed by atoms with Gasteiger partial charge in [0.25, 0.3) is 6.23 Å². The number of hydrogen-bond donors (Lipinski definition) is 0. The maximum Gasteiger partial charge on any atom is 0.418 e. The fraction of sp³-hybridized carbons (Fsp3) is 0.548. The quantitative estimate of drug-likeness (QED) is 0.313. The molecule has 3 aliphatic rings. The number of fused-ring (bicyclic) bond motifs is 1. The highest BCUT2D eigenvalue weighted by Crippen LogP contribution is 2.33. The van der Waals surface area contributed by atoms with Gasteiger partial charge >= 0.3 is 24.2 Å². The third-order valence-corrected chi connectivity index (χ3v) is 8.05. The number of aryl methyl sites for hydroxylation is 1. The molecule has 0 bridgehead atoms. The van der Waals surface area contributed by atoms with Crippen LogP contribution in [-0.2, 0) is 48.7 Å². The van der Waals surface area contributed by atoms with Gasteiger partial charge in [0.05, 0.1) is 43.8 Å². The van der Waals surface area contributed by atoms with E-state index in [1.165, 1.54) is 20.8 Å². The van der Waals surface area contributed by atoms with Crippen molar-refractivity contribution < 1.29 is 47.3 Å². The van der Waals surface area contributed by atoms with Crippen molar-refractivity contribution in [3.63, 3.8) is 0 Å². The minimum Gasteiger partial charge on any atom is -0.465 e. The second kappa shape index (κ2) is 13.7. The first kappa shape index (κ1) is 34.4. The molecule has 1 unspecified atom stereocenters. The maximum atomic E-state index is 15.3. The van der Waals surface area contributed by atoms with E-state index in [2.05, 4.69) is 5.10 Å². The first-order chi connectivity index (χ1) is 22.6. The van der Waals surface area contributed by atoms with Crippen LogP contribution in [0.4, 0.5) is 30.1 Å². The summed E-state index contributed by atoms with van der Waals surface area (Å²) in [7, 11) is 2.96. The number of amides is 4. The molecule has 0 saturated carbocycles. The predicted octanol–water partition coefficient (Wildman–Crippen LogP) is 2.44. The third kappa shape index (κ3) is 7.61. The van der Waals surface area contributed by atoms with Gasteiger partial charge in [0.2, 0.25) is 5.91 Å². The minimum atomic E-state index is -1.51. The molecule has 4 heterocycles. The largest absolute Gasteiger partial charge is 0.465 e. The number of halogens is 1. The van der Waals surface area contributed by atoms with Gasteiger partial charge in [0.1, 0.15) is 17.5 Å². The van der Waals surface area contributed by atoms with E-state index in [-0.39, 0.29) is 45.0 Å². The summed E-state index contributed by atoms with van der Waals surface area (Å²) in [6.45, 7) is 7.57. The molecule has 5 rings (SSSR count). The van der Waals surface area contributed by atoms with Crippen molar-refractivity contribution >= 4 is 41.5 Å². The first-order valence-electron chi connectivity index (χ1n) is 15.5. The Labute approximate surface area is 276 Å². The SMILES string of the molecule is COC(=O)C(OC(=O)N(C[C@H]1CN(c2ccc(N3Cc4cn(C)nc4C3)c(F)c2)C(=O)O1)C(C)=O)N1CCN(C(=O)OC(C)(C)C)CC1. The first-order valence-corrected chi connectivity index (χ1v) is 15.5. The van der Waals surface area contributed by atoms with Gasteiger partial charge in [-0.2, -0.15) is 5.10 Å². The summed E-state index contributed by atoms with van der Waals surface area (Å²) in [5.41, 5.74) is 1.81. The van der Waals surface area contributed by atoms with Crippen LogP contribution in [0, 0.1) is 5.82 Å². The van der Waals surface area contributed by atoms with Crippen molar-refractivity contribution in [2.45, 2.75) is 58.7 Å². The smallest absolute Gasteiger partial charge is 0.418 e.